The Morgan fingerprint density at radius 1 is 1.45 bits per heavy atom. The first kappa shape index (κ1) is 16.7. The highest BCUT2D eigenvalue weighted by atomic mass is 79.9. The molecule has 0 fully saturated rings. The van der Waals surface area contributed by atoms with Gasteiger partial charge in [-0.1, -0.05) is 0 Å². The third-order valence-corrected chi connectivity index (χ3v) is 2.79. The van der Waals surface area contributed by atoms with E-state index in [0.29, 0.717) is 17.6 Å². The number of amides is 2. The number of furan rings is 1. The largest absolute Gasteiger partial charge is 0.444 e. The molecule has 0 aliphatic carbocycles. The van der Waals surface area contributed by atoms with Crippen molar-refractivity contribution in [3.8, 4) is 0 Å². The smallest absolute Gasteiger partial charge is 0.287 e. The van der Waals surface area contributed by atoms with E-state index >= 15 is 0 Å². The summed E-state index contributed by atoms with van der Waals surface area (Å²) >= 11 is 3.08. The van der Waals surface area contributed by atoms with Gasteiger partial charge in [0, 0.05) is 13.7 Å². The summed E-state index contributed by atoms with van der Waals surface area (Å²) in [5.41, 5.74) is 0. The second-order valence-corrected chi connectivity index (χ2v) is 4.82. The lowest BCUT2D eigenvalue weighted by Crippen LogP contribution is -2.38. The highest BCUT2D eigenvalue weighted by Crippen LogP contribution is 2.13. The Morgan fingerprint density at radius 3 is 2.80 bits per heavy atom. The van der Waals surface area contributed by atoms with Gasteiger partial charge in [0.2, 0.25) is 5.91 Å². The van der Waals surface area contributed by atoms with Crippen molar-refractivity contribution in [1.29, 1.82) is 0 Å². The number of carbonyl (C=O) groups is 2. The Morgan fingerprint density at radius 2 is 2.20 bits per heavy atom. The van der Waals surface area contributed by atoms with E-state index in [1.165, 1.54) is 13.2 Å². The normalized spacial score (nSPS) is 11.9. The predicted molar refractivity (Wildman–Crippen MR) is 74.3 cm³/mol. The summed E-state index contributed by atoms with van der Waals surface area (Å²) in [6.07, 6.45) is -0.228. The monoisotopic (exact) mass is 348 g/mol. The quantitative estimate of drug-likeness (QED) is 0.626. The zero-order chi connectivity index (χ0) is 15.0. The topological polar surface area (TPSA) is 101 Å². The van der Waals surface area contributed by atoms with E-state index < -0.39 is 12.0 Å². The first-order valence-corrected chi connectivity index (χ1v) is 6.79. The molecule has 0 spiro atoms. The summed E-state index contributed by atoms with van der Waals surface area (Å²) in [7, 11) is 1.49. The van der Waals surface area contributed by atoms with Gasteiger partial charge in [-0.05, 0) is 34.5 Å². The zero-order valence-corrected chi connectivity index (χ0v) is 12.6. The van der Waals surface area contributed by atoms with E-state index in [2.05, 4.69) is 26.6 Å². The van der Waals surface area contributed by atoms with Gasteiger partial charge in [-0.15, -0.1) is 0 Å². The molecular formula is C12H17BrN2O5. The van der Waals surface area contributed by atoms with Crippen LogP contribution in [0, 0.1) is 0 Å². The van der Waals surface area contributed by atoms with Gasteiger partial charge in [0.05, 0.1) is 19.3 Å². The van der Waals surface area contributed by atoms with Crippen LogP contribution in [0.4, 0.5) is 0 Å². The molecule has 2 amide bonds. The molecule has 0 aromatic carbocycles. The maximum absolute atomic E-state index is 11.6. The summed E-state index contributed by atoms with van der Waals surface area (Å²) in [4.78, 5) is 23.0. The van der Waals surface area contributed by atoms with Crippen LogP contribution in [0.3, 0.4) is 0 Å². The zero-order valence-electron chi connectivity index (χ0n) is 11.0. The number of nitrogens with one attached hydrogen (secondary N) is 2. The van der Waals surface area contributed by atoms with Crippen molar-refractivity contribution in [1.82, 2.24) is 10.6 Å². The van der Waals surface area contributed by atoms with Crippen molar-refractivity contribution in [2.24, 2.45) is 0 Å². The number of carbonyl (C=O) groups excluding carboxylic acids is 2. The van der Waals surface area contributed by atoms with Gasteiger partial charge >= 0.3 is 0 Å². The second-order valence-electron chi connectivity index (χ2n) is 4.03. The number of methoxy groups -OCH3 is 1. The van der Waals surface area contributed by atoms with Gasteiger partial charge in [-0.3, -0.25) is 9.59 Å². The van der Waals surface area contributed by atoms with Crippen LogP contribution < -0.4 is 10.6 Å². The molecular weight excluding hydrogens is 332 g/mol. The number of hydrogen-bond acceptors (Lipinski definition) is 5. The molecule has 20 heavy (non-hydrogen) atoms. The van der Waals surface area contributed by atoms with Gasteiger partial charge in [0.1, 0.15) is 0 Å². The third-order valence-electron chi connectivity index (χ3n) is 2.37. The molecule has 0 saturated carbocycles. The van der Waals surface area contributed by atoms with Gasteiger partial charge in [-0.2, -0.15) is 0 Å². The van der Waals surface area contributed by atoms with Crippen LogP contribution >= 0.6 is 15.9 Å². The number of aliphatic hydroxyl groups is 1. The van der Waals surface area contributed by atoms with Crippen LogP contribution in [-0.2, 0) is 9.53 Å². The van der Waals surface area contributed by atoms with Crippen molar-refractivity contribution in [2.75, 3.05) is 26.8 Å². The molecule has 0 saturated heterocycles. The van der Waals surface area contributed by atoms with E-state index in [1.54, 1.807) is 6.07 Å². The first-order chi connectivity index (χ1) is 9.52. The molecule has 3 N–H and O–H groups in total. The van der Waals surface area contributed by atoms with Gasteiger partial charge in [0.25, 0.3) is 5.91 Å². The molecule has 112 valence electrons. The standard InChI is InChI=1S/C12H17BrN2O5/c1-19-7-8(16)4-5-14-11(17)6-15-12(18)9-2-3-10(13)20-9/h2-3,8,16H,4-7H2,1H3,(H,14,17)(H,15,18). The minimum atomic E-state index is -0.615. The Hall–Kier alpha value is -1.38. The average Bonchev–Trinajstić information content (AvgIpc) is 2.83. The fraction of sp³-hybridized carbons (Fsp3) is 0.500. The fourth-order valence-corrected chi connectivity index (χ4v) is 1.71. The second kappa shape index (κ2) is 8.72. The van der Waals surface area contributed by atoms with E-state index in [1.807, 2.05) is 0 Å². The maximum atomic E-state index is 11.6. The van der Waals surface area contributed by atoms with Crippen LogP contribution in [0.15, 0.2) is 21.2 Å². The van der Waals surface area contributed by atoms with Crippen LogP contribution in [0.2, 0.25) is 0 Å². The average molecular weight is 349 g/mol. The van der Waals surface area contributed by atoms with Crippen molar-refractivity contribution in [2.45, 2.75) is 12.5 Å². The number of ether oxygens (including phenoxy) is 1. The van der Waals surface area contributed by atoms with E-state index in [4.69, 9.17) is 9.15 Å². The van der Waals surface area contributed by atoms with Crippen LogP contribution in [0.25, 0.3) is 0 Å². The lowest BCUT2D eigenvalue weighted by molar-refractivity contribution is -0.120. The van der Waals surface area contributed by atoms with E-state index in [-0.39, 0.29) is 24.8 Å². The Balaban J connectivity index is 2.18. The Kier molecular flexibility index (Phi) is 7.27. The number of hydrogen-bond donors (Lipinski definition) is 3. The summed E-state index contributed by atoms with van der Waals surface area (Å²) < 4.78 is 10.2. The Labute approximate surface area is 124 Å². The molecule has 0 radical (unpaired) electrons. The van der Waals surface area contributed by atoms with Crippen LogP contribution in [0.1, 0.15) is 17.0 Å². The highest BCUT2D eigenvalue weighted by Gasteiger charge is 2.11. The summed E-state index contributed by atoms with van der Waals surface area (Å²) in [6, 6.07) is 3.09. The predicted octanol–water partition coefficient (Wildman–Crippen LogP) is 0.285. The van der Waals surface area contributed by atoms with E-state index in [0.717, 1.165) is 0 Å². The van der Waals surface area contributed by atoms with Gasteiger partial charge in [-0.25, -0.2) is 0 Å². The minimum Gasteiger partial charge on any atom is -0.444 e. The molecule has 1 atom stereocenters. The van der Waals surface area contributed by atoms with Crippen LogP contribution in [0.5, 0.6) is 0 Å². The summed E-state index contributed by atoms with van der Waals surface area (Å²) in [6.45, 7) is 0.378. The maximum Gasteiger partial charge on any atom is 0.287 e. The van der Waals surface area contributed by atoms with E-state index in [9.17, 15) is 14.7 Å². The van der Waals surface area contributed by atoms with Gasteiger partial charge in [0.15, 0.2) is 10.4 Å². The number of halogens is 1. The minimum absolute atomic E-state index is 0.125. The molecule has 1 aromatic rings. The Bertz CT molecular complexity index is 449. The first-order valence-electron chi connectivity index (χ1n) is 6.00. The van der Waals surface area contributed by atoms with Crippen molar-refractivity contribution >= 4 is 27.7 Å². The fourth-order valence-electron chi connectivity index (χ4n) is 1.40. The molecule has 1 unspecified atom stereocenters. The van der Waals surface area contributed by atoms with Crippen LogP contribution in [-0.4, -0.2) is 49.8 Å². The molecule has 7 nitrogen and oxygen atoms in total. The van der Waals surface area contributed by atoms with Crippen molar-refractivity contribution in [3.05, 3.63) is 22.6 Å². The number of rotatable bonds is 8. The molecule has 0 bridgehead atoms. The van der Waals surface area contributed by atoms with Crippen molar-refractivity contribution < 1.29 is 23.8 Å². The molecule has 1 aromatic heterocycles. The van der Waals surface area contributed by atoms with Crippen molar-refractivity contribution in [3.63, 3.8) is 0 Å². The highest BCUT2D eigenvalue weighted by molar-refractivity contribution is 9.10. The third kappa shape index (κ3) is 6.18. The lowest BCUT2D eigenvalue weighted by Gasteiger charge is -2.10. The molecule has 1 rings (SSSR count). The molecule has 0 aliphatic rings. The lowest BCUT2D eigenvalue weighted by atomic mass is 10.2. The van der Waals surface area contributed by atoms with Gasteiger partial charge < -0.3 is 24.9 Å². The molecule has 8 heteroatoms. The molecule has 1 heterocycles. The SMILES string of the molecule is COCC(O)CCNC(=O)CNC(=O)c1ccc(Br)o1. The molecule has 0 aliphatic heterocycles. The summed E-state index contributed by atoms with van der Waals surface area (Å²) in [5.74, 6) is -0.681. The summed E-state index contributed by atoms with van der Waals surface area (Å²) in [5, 5.41) is 14.4. The number of aliphatic hydroxyl groups excluding tert-OH is 1.